The summed E-state index contributed by atoms with van der Waals surface area (Å²) in [4.78, 5) is 24.4. The number of nitrogens with zero attached hydrogens (tertiary/aromatic N) is 1. The van der Waals surface area contributed by atoms with Gasteiger partial charge in [0.1, 0.15) is 11.3 Å². The summed E-state index contributed by atoms with van der Waals surface area (Å²) in [6, 6.07) is 3.93. The Morgan fingerprint density at radius 1 is 1.42 bits per heavy atom. The highest BCUT2D eigenvalue weighted by Crippen LogP contribution is 2.23. The van der Waals surface area contributed by atoms with Gasteiger partial charge < -0.3 is 20.4 Å². The summed E-state index contributed by atoms with van der Waals surface area (Å²) in [7, 11) is 0. The van der Waals surface area contributed by atoms with Gasteiger partial charge in [-0.1, -0.05) is 0 Å². The Morgan fingerprint density at radius 3 is 2.68 bits per heavy atom. The highest BCUT2D eigenvalue weighted by Gasteiger charge is 2.25. The summed E-state index contributed by atoms with van der Waals surface area (Å²) in [5.41, 5.74) is 0.194. The Labute approximate surface area is 110 Å². The second kappa shape index (κ2) is 5.17. The van der Waals surface area contributed by atoms with E-state index in [0.717, 1.165) is 12.8 Å². The van der Waals surface area contributed by atoms with Crippen molar-refractivity contribution in [2.24, 2.45) is 0 Å². The minimum Gasteiger partial charge on any atom is -0.507 e. The van der Waals surface area contributed by atoms with Crippen molar-refractivity contribution in [3.8, 4) is 5.75 Å². The van der Waals surface area contributed by atoms with Gasteiger partial charge in [0, 0.05) is 24.3 Å². The number of carbonyl (C=O) groups is 2. The van der Waals surface area contributed by atoms with Gasteiger partial charge in [-0.15, -0.1) is 0 Å². The number of aromatic hydroxyl groups is 1. The van der Waals surface area contributed by atoms with Crippen LogP contribution < -0.4 is 5.32 Å². The minimum atomic E-state index is -1.21. The lowest BCUT2D eigenvalue weighted by molar-refractivity contribution is 0.0694. The predicted octanol–water partition coefficient (Wildman–Crippen LogP) is 2.11. The number of hydrogen-bond donors (Lipinski definition) is 3. The Balaban J connectivity index is 2.09. The first-order valence-corrected chi connectivity index (χ1v) is 6.13. The van der Waals surface area contributed by atoms with Crippen molar-refractivity contribution in [3.63, 3.8) is 0 Å². The van der Waals surface area contributed by atoms with Gasteiger partial charge in [0.2, 0.25) is 0 Å². The maximum atomic E-state index is 12.0. The topological polar surface area (TPSA) is 89.9 Å². The molecule has 0 radical (unpaired) electrons. The van der Waals surface area contributed by atoms with Gasteiger partial charge in [-0.05, 0) is 31.9 Å². The van der Waals surface area contributed by atoms with E-state index >= 15 is 0 Å². The monoisotopic (exact) mass is 264 g/mol. The molecule has 0 aromatic heterocycles. The first-order chi connectivity index (χ1) is 8.99. The fourth-order valence-corrected chi connectivity index (χ4v) is 2.22. The molecule has 0 saturated carbocycles. The third-order valence-corrected chi connectivity index (χ3v) is 3.29. The third-order valence-electron chi connectivity index (χ3n) is 3.29. The van der Waals surface area contributed by atoms with Crippen molar-refractivity contribution >= 4 is 17.7 Å². The lowest BCUT2D eigenvalue weighted by Crippen LogP contribution is -2.37. The summed E-state index contributed by atoms with van der Waals surface area (Å²) >= 11 is 0. The lowest BCUT2D eigenvalue weighted by Gasteiger charge is -2.21. The molecule has 1 aromatic carbocycles. The van der Waals surface area contributed by atoms with Crippen molar-refractivity contribution in [3.05, 3.63) is 23.8 Å². The fourth-order valence-electron chi connectivity index (χ4n) is 2.22. The van der Waals surface area contributed by atoms with Crippen molar-refractivity contribution in [1.82, 2.24) is 4.90 Å². The molecule has 1 saturated heterocycles. The molecule has 0 spiro atoms. The molecule has 102 valence electrons. The van der Waals surface area contributed by atoms with Crippen LogP contribution in [0.3, 0.4) is 0 Å². The molecule has 1 aliphatic rings. The van der Waals surface area contributed by atoms with Gasteiger partial charge in [0.15, 0.2) is 0 Å². The molecular weight excluding hydrogens is 248 g/mol. The number of nitrogens with one attached hydrogen (secondary N) is 1. The number of benzene rings is 1. The second-order valence-electron chi connectivity index (χ2n) is 4.65. The number of carbonyl (C=O) groups excluding carboxylic acids is 1. The summed E-state index contributed by atoms with van der Waals surface area (Å²) in [5, 5.41) is 21.0. The number of carboxylic acid groups (broad SMARTS) is 1. The highest BCUT2D eigenvalue weighted by molar-refractivity contribution is 5.94. The quantitative estimate of drug-likeness (QED) is 0.763. The van der Waals surface area contributed by atoms with Crippen LogP contribution in [0.4, 0.5) is 10.5 Å². The number of urea groups is 1. The zero-order chi connectivity index (χ0) is 14.0. The third kappa shape index (κ3) is 2.78. The molecule has 2 rings (SSSR count). The molecule has 1 heterocycles. The minimum absolute atomic E-state index is 0.187. The standard InChI is InChI=1S/C13H16N2O4/c1-8-3-2-6-15(8)13(19)14-9-4-5-10(12(17)18)11(16)7-9/h4-5,7-8,16H,2-3,6H2,1H3,(H,14,19)(H,17,18). The average molecular weight is 264 g/mol. The van der Waals surface area contributed by atoms with Crippen molar-refractivity contribution in [1.29, 1.82) is 0 Å². The van der Waals surface area contributed by atoms with Gasteiger partial charge in [-0.25, -0.2) is 9.59 Å². The van der Waals surface area contributed by atoms with E-state index in [9.17, 15) is 14.7 Å². The zero-order valence-electron chi connectivity index (χ0n) is 10.6. The van der Waals surface area contributed by atoms with E-state index in [2.05, 4.69) is 5.32 Å². The van der Waals surface area contributed by atoms with Crippen molar-refractivity contribution in [2.75, 3.05) is 11.9 Å². The maximum absolute atomic E-state index is 12.0. The van der Waals surface area contributed by atoms with Crippen LogP contribution in [0.5, 0.6) is 5.75 Å². The first-order valence-electron chi connectivity index (χ1n) is 6.13. The number of carboxylic acids is 1. The molecule has 1 aliphatic heterocycles. The lowest BCUT2D eigenvalue weighted by atomic mass is 10.2. The van der Waals surface area contributed by atoms with Gasteiger partial charge >= 0.3 is 12.0 Å². The van der Waals surface area contributed by atoms with Crippen LogP contribution in [-0.2, 0) is 0 Å². The summed E-state index contributed by atoms with van der Waals surface area (Å²) in [6.45, 7) is 2.70. The van der Waals surface area contributed by atoms with Gasteiger partial charge in [-0.3, -0.25) is 0 Å². The summed E-state index contributed by atoms with van der Waals surface area (Å²) in [5.74, 6) is -1.57. The van der Waals surface area contributed by atoms with E-state index in [1.54, 1.807) is 4.90 Å². The number of phenols is 1. The van der Waals surface area contributed by atoms with Crippen LogP contribution in [0.25, 0.3) is 0 Å². The molecule has 1 aromatic rings. The molecule has 1 atom stereocenters. The van der Waals surface area contributed by atoms with Crippen LogP contribution in [0.2, 0.25) is 0 Å². The molecule has 19 heavy (non-hydrogen) atoms. The number of hydrogen-bond acceptors (Lipinski definition) is 3. The number of aromatic carboxylic acids is 1. The first kappa shape index (κ1) is 13.2. The van der Waals surface area contributed by atoms with E-state index in [1.165, 1.54) is 18.2 Å². The van der Waals surface area contributed by atoms with Crippen LogP contribution in [0, 0.1) is 0 Å². The molecule has 0 aliphatic carbocycles. The fraction of sp³-hybridized carbons (Fsp3) is 0.385. The summed E-state index contributed by atoms with van der Waals surface area (Å²) in [6.07, 6.45) is 1.97. The van der Waals surface area contributed by atoms with Gasteiger partial charge in [0.25, 0.3) is 0 Å². The van der Waals surface area contributed by atoms with Crippen molar-refractivity contribution < 1.29 is 19.8 Å². The van der Waals surface area contributed by atoms with Crippen molar-refractivity contribution in [2.45, 2.75) is 25.8 Å². The second-order valence-corrected chi connectivity index (χ2v) is 4.65. The van der Waals surface area contributed by atoms with E-state index in [1.807, 2.05) is 6.92 Å². The zero-order valence-corrected chi connectivity index (χ0v) is 10.6. The SMILES string of the molecule is CC1CCCN1C(=O)Nc1ccc(C(=O)O)c(O)c1. The van der Waals surface area contributed by atoms with E-state index in [4.69, 9.17) is 5.11 Å². The molecule has 0 bridgehead atoms. The normalized spacial score (nSPS) is 18.4. The Hall–Kier alpha value is -2.24. The largest absolute Gasteiger partial charge is 0.507 e. The van der Waals surface area contributed by atoms with E-state index in [0.29, 0.717) is 12.2 Å². The molecule has 2 amide bonds. The van der Waals surface area contributed by atoms with Gasteiger partial charge in [-0.2, -0.15) is 0 Å². The van der Waals surface area contributed by atoms with Crippen LogP contribution in [0.1, 0.15) is 30.1 Å². The predicted molar refractivity (Wildman–Crippen MR) is 69.5 cm³/mol. The number of likely N-dealkylation sites (tertiary alicyclic amines) is 1. The van der Waals surface area contributed by atoms with E-state index < -0.39 is 5.97 Å². The maximum Gasteiger partial charge on any atom is 0.339 e. The average Bonchev–Trinajstić information content (AvgIpc) is 2.75. The van der Waals surface area contributed by atoms with Gasteiger partial charge in [0.05, 0.1) is 0 Å². The smallest absolute Gasteiger partial charge is 0.339 e. The number of amides is 2. The molecule has 6 nitrogen and oxygen atoms in total. The van der Waals surface area contributed by atoms with Crippen LogP contribution in [-0.4, -0.2) is 39.7 Å². The molecule has 6 heteroatoms. The molecule has 1 fully saturated rings. The molecule has 3 N–H and O–H groups in total. The van der Waals surface area contributed by atoms with Crippen LogP contribution in [0.15, 0.2) is 18.2 Å². The highest BCUT2D eigenvalue weighted by atomic mass is 16.4. The number of rotatable bonds is 2. The van der Waals surface area contributed by atoms with E-state index in [-0.39, 0.29) is 23.4 Å². The Kier molecular flexibility index (Phi) is 3.59. The molecular formula is C13H16N2O4. The summed E-state index contributed by atoms with van der Waals surface area (Å²) < 4.78 is 0. The Bertz CT molecular complexity index is 515. The molecule has 1 unspecified atom stereocenters. The number of anilines is 1. The Morgan fingerprint density at radius 2 is 2.16 bits per heavy atom. The van der Waals surface area contributed by atoms with Crippen LogP contribution >= 0.6 is 0 Å².